The first-order valence-electron chi connectivity index (χ1n) is 6.52. The van der Waals surface area contributed by atoms with Crippen LogP contribution in [0.5, 0.6) is 0 Å². The van der Waals surface area contributed by atoms with Gasteiger partial charge in [-0.25, -0.2) is 4.79 Å². The normalized spacial score (nSPS) is 11.5. The third-order valence-electron chi connectivity index (χ3n) is 2.82. The fraction of sp³-hybridized carbons (Fsp3) is 0.0625. The SMILES string of the molecule is O=C(N/C=C/c1ccccc1)Nc1ccc(Cl)cc1C(F)(F)F. The van der Waals surface area contributed by atoms with Crippen molar-refractivity contribution in [3.63, 3.8) is 0 Å². The van der Waals surface area contributed by atoms with Gasteiger partial charge >= 0.3 is 12.2 Å². The topological polar surface area (TPSA) is 41.1 Å². The first kappa shape index (κ1) is 16.9. The molecule has 0 bridgehead atoms. The molecule has 0 heterocycles. The average Bonchev–Trinajstić information content (AvgIpc) is 2.49. The van der Waals surface area contributed by atoms with Crippen molar-refractivity contribution >= 4 is 29.4 Å². The number of hydrogen-bond acceptors (Lipinski definition) is 1. The number of carbonyl (C=O) groups excluding carboxylic acids is 1. The highest BCUT2D eigenvalue weighted by Crippen LogP contribution is 2.36. The minimum Gasteiger partial charge on any atom is -0.314 e. The molecule has 0 radical (unpaired) electrons. The van der Waals surface area contributed by atoms with Crippen LogP contribution in [0.25, 0.3) is 6.08 Å². The summed E-state index contributed by atoms with van der Waals surface area (Å²) >= 11 is 5.57. The van der Waals surface area contributed by atoms with Gasteiger partial charge in [-0.05, 0) is 29.8 Å². The molecule has 0 saturated heterocycles. The van der Waals surface area contributed by atoms with E-state index in [0.717, 1.165) is 17.7 Å². The van der Waals surface area contributed by atoms with Crippen LogP contribution in [-0.4, -0.2) is 6.03 Å². The van der Waals surface area contributed by atoms with Crippen molar-refractivity contribution in [1.29, 1.82) is 0 Å². The Morgan fingerprint density at radius 2 is 1.78 bits per heavy atom. The molecule has 0 unspecified atom stereocenters. The molecule has 0 aliphatic heterocycles. The zero-order valence-corrected chi connectivity index (χ0v) is 12.4. The van der Waals surface area contributed by atoms with E-state index in [-0.39, 0.29) is 10.7 Å². The second kappa shape index (κ2) is 7.19. The number of carbonyl (C=O) groups is 1. The molecular weight excluding hydrogens is 329 g/mol. The number of amides is 2. The van der Waals surface area contributed by atoms with E-state index in [0.29, 0.717) is 0 Å². The van der Waals surface area contributed by atoms with Crippen LogP contribution in [0.1, 0.15) is 11.1 Å². The van der Waals surface area contributed by atoms with E-state index in [4.69, 9.17) is 11.6 Å². The van der Waals surface area contributed by atoms with Crippen LogP contribution in [0.2, 0.25) is 5.02 Å². The Balaban J connectivity index is 2.05. The Kier molecular flexibility index (Phi) is 5.28. The summed E-state index contributed by atoms with van der Waals surface area (Å²) in [6, 6.07) is 11.5. The predicted molar refractivity (Wildman–Crippen MR) is 84.1 cm³/mol. The summed E-state index contributed by atoms with van der Waals surface area (Å²) in [4.78, 5) is 11.7. The average molecular weight is 341 g/mol. The Bertz CT molecular complexity index is 715. The largest absolute Gasteiger partial charge is 0.418 e. The standard InChI is InChI=1S/C16H12ClF3N2O/c17-12-6-7-14(13(10-12)16(18,19)20)22-15(23)21-9-8-11-4-2-1-3-5-11/h1-10H,(H2,21,22,23)/b9-8+. The van der Waals surface area contributed by atoms with Crippen LogP contribution in [0.15, 0.2) is 54.7 Å². The molecular formula is C16H12ClF3N2O. The number of anilines is 1. The lowest BCUT2D eigenvalue weighted by atomic mass is 10.1. The summed E-state index contributed by atoms with van der Waals surface area (Å²) in [5.74, 6) is 0. The van der Waals surface area contributed by atoms with Crippen molar-refractivity contribution in [2.45, 2.75) is 6.18 Å². The van der Waals surface area contributed by atoms with Gasteiger partial charge < -0.3 is 10.6 Å². The first-order valence-corrected chi connectivity index (χ1v) is 6.90. The van der Waals surface area contributed by atoms with E-state index in [1.54, 1.807) is 6.08 Å². The summed E-state index contributed by atoms with van der Waals surface area (Å²) in [6.45, 7) is 0. The van der Waals surface area contributed by atoms with Crippen LogP contribution in [0.3, 0.4) is 0 Å². The molecule has 0 aromatic heterocycles. The van der Waals surface area contributed by atoms with E-state index in [1.807, 2.05) is 30.3 Å². The number of benzene rings is 2. The summed E-state index contributed by atoms with van der Waals surface area (Å²) in [7, 11) is 0. The predicted octanol–water partition coefficient (Wildman–Crippen LogP) is 5.15. The van der Waals surface area contributed by atoms with Gasteiger partial charge in [-0.1, -0.05) is 41.9 Å². The summed E-state index contributed by atoms with van der Waals surface area (Å²) in [5.41, 5.74) is -0.532. The van der Waals surface area contributed by atoms with Crippen molar-refractivity contribution in [2.24, 2.45) is 0 Å². The second-order valence-electron chi connectivity index (χ2n) is 4.53. The highest BCUT2D eigenvalue weighted by molar-refractivity contribution is 6.30. The molecule has 7 heteroatoms. The Hall–Kier alpha value is -2.47. The maximum atomic E-state index is 12.9. The Morgan fingerprint density at radius 3 is 2.43 bits per heavy atom. The number of rotatable bonds is 3. The molecule has 0 atom stereocenters. The van der Waals surface area contributed by atoms with Gasteiger partial charge in [0.05, 0.1) is 11.3 Å². The van der Waals surface area contributed by atoms with E-state index in [9.17, 15) is 18.0 Å². The quantitative estimate of drug-likeness (QED) is 0.797. The summed E-state index contributed by atoms with van der Waals surface area (Å²) in [6.07, 6.45) is -1.66. The number of nitrogens with one attached hydrogen (secondary N) is 2. The molecule has 3 nitrogen and oxygen atoms in total. The molecule has 2 amide bonds. The van der Waals surface area contributed by atoms with Crippen molar-refractivity contribution in [3.8, 4) is 0 Å². The molecule has 2 aromatic carbocycles. The zero-order valence-electron chi connectivity index (χ0n) is 11.7. The van der Waals surface area contributed by atoms with E-state index < -0.39 is 17.8 Å². The van der Waals surface area contributed by atoms with E-state index >= 15 is 0 Å². The van der Waals surface area contributed by atoms with Crippen LogP contribution in [-0.2, 0) is 6.18 Å². The van der Waals surface area contributed by atoms with E-state index in [1.165, 1.54) is 12.3 Å². The van der Waals surface area contributed by atoms with Gasteiger partial charge in [0.15, 0.2) is 0 Å². The molecule has 0 spiro atoms. The van der Waals surface area contributed by atoms with Gasteiger partial charge in [-0.3, -0.25) is 0 Å². The maximum absolute atomic E-state index is 12.9. The number of hydrogen-bond donors (Lipinski definition) is 2. The first-order chi connectivity index (χ1) is 10.9. The molecule has 120 valence electrons. The second-order valence-corrected chi connectivity index (χ2v) is 4.97. The van der Waals surface area contributed by atoms with Crippen molar-refractivity contribution in [1.82, 2.24) is 5.32 Å². The third kappa shape index (κ3) is 5.03. The van der Waals surface area contributed by atoms with Gasteiger partial charge in [0.2, 0.25) is 0 Å². The monoisotopic (exact) mass is 340 g/mol. The molecule has 2 rings (SSSR count). The van der Waals surface area contributed by atoms with Crippen molar-refractivity contribution < 1.29 is 18.0 Å². The number of urea groups is 1. The lowest BCUT2D eigenvalue weighted by Gasteiger charge is -2.13. The molecule has 0 aliphatic rings. The van der Waals surface area contributed by atoms with Crippen LogP contribution in [0, 0.1) is 0 Å². The smallest absolute Gasteiger partial charge is 0.314 e. The summed E-state index contributed by atoms with van der Waals surface area (Å²) < 4.78 is 38.7. The zero-order chi connectivity index (χ0) is 16.9. The fourth-order valence-corrected chi connectivity index (χ4v) is 1.97. The van der Waals surface area contributed by atoms with Crippen molar-refractivity contribution in [2.75, 3.05) is 5.32 Å². The molecule has 2 aromatic rings. The van der Waals surface area contributed by atoms with Gasteiger partial charge in [0.25, 0.3) is 0 Å². The molecule has 0 fully saturated rings. The minimum absolute atomic E-state index is 0.0627. The van der Waals surface area contributed by atoms with Gasteiger partial charge in [-0.2, -0.15) is 13.2 Å². The number of halogens is 4. The summed E-state index contributed by atoms with van der Waals surface area (Å²) in [5, 5.41) is 4.43. The lowest BCUT2D eigenvalue weighted by Crippen LogP contribution is -2.25. The molecule has 23 heavy (non-hydrogen) atoms. The fourth-order valence-electron chi connectivity index (χ4n) is 1.80. The van der Waals surface area contributed by atoms with Gasteiger partial charge in [0.1, 0.15) is 0 Å². The Morgan fingerprint density at radius 1 is 1.09 bits per heavy atom. The molecule has 0 aliphatic carbocycles. The minimum atomic E-state index is -4.62. The van der Waals surface area contributed by atoms with Gasteiger partial charge in [-0.15, -0.1) is 0 Å². The highest BCUT2D eigenvalue weighted by Gasteiger charge is 2.34. The van der Waals surface area contributed by atoms with Crippen LogP contribution < -0.4 is 10.6 Å². The third-order valence-corrected chi connectivity index (χ3v) is 3.06. The molecule has 0 saturated carbocycles. The van der Waals surface area contributed by atoms with E-state index in [2.05, 4.69) is 10.6 Å². The number of alkyl halides is 3. The molecule has 2 N–H and O–H groups in total. The van der Waals surface area contributed by atoms with Crippen molar-refractivity contribution in [3.05, 3.63) is 70.9 Å². The van der Waals surface area contributed by atoms with Gasteiger partial charge in [0, 0.05) is 11.2 Å². The van der Waals surface area contributed by atoms with Crippen LogP contribution in [0.4, 0.5) is 23.7 Å². The maximum Gasteiger partial charge on any atom is 0.418 e. The lowest BCUT2D eigenvalue weighted by molar-refractivity contribution is -0.136. The van der Waals surface area contributed by atoms with Crippen LogP contribution >= 0.6 is 11.6 Å². The highest BCUT2D eigenvalue weighted by atomic mass is 35.5. The Labute approximate surface area is 135 Å².